The van der Waals surface area contributed by atoms with E-state index in [4.69, 9.17) is 16.2 Å². The van der Waals surface area contributed by atoms with Gasteiger partial charge in [-0.2, -0.15) is 0 Å². The molecule has 72 valence electrons. The van der Waals surface area contributed by atoms with Crippen molar-refractivity contribution in [2.45, 2.75) is 13.8 Å². The predicted molar refractivity (Wildman–Crippen MR) is 47.4 cm³/mol. The number of nitrogens with two attached hydrogens (primary N) is 2. The highest BCUT2D eigenvalue weighted by Crippen LogP contribution is 2.10. The van der Waals surface area contributed by atoms with Gasteiger partial charge in [0.1, 0.15) is 0 Å². The van der Waals surface area contributed by atoms with E-state index in [0.717, 1.165) is 0 Å². The third-order valence-corrected chi connectivity index (χ3v) is 1.90. The molecule has 0 saturated carbocycles. The molecular formula is C8H18N2O2. The van der Waals surface area contributed by atoms with E-state index in [9.17, 15) is 4.79 Å². The second-order valence-electron chi connectivity index (χ2n) is 2.81. The number of ether oxygens (including phenoxy) is 1. The number of hydrogen-bond donors (Lipinski definition) is 2. The molecule has 2 unspecified atom stereocenters. The van der Waals surface area contributed by atoms with Crippen molar-refractivity contribution in [2.24, 2.45) is 23.3 Å². The SMILES string of the molecule is CCOC(=O)C(CN)C(C)CN. The average Bonchev–Trinajstić information content (AvgIpc) is 2.06. The third kappa shape index (κ3) is 3.19. The lowest BCUT2D eigenvalue weighted by molar-refractivity contribution is -0.149. The Bertz CT molecular complexity index is 139. The van der Waals surface area contributed by atoms with Gasteiger partial charge in [-0.15, -0.1) is 0 Å². The molecule has 0 heterocycles. The Balaban J connectivity index is 4.04. The van der Waals surface area contributed by atoms with Crippen molar-refractivity contribution in [3.8, 4) is 0 Å². The Morgan fingerprint density at radius 3 is 2.33 bits per heavy atom. The van der Waals surface area contributed by atoms with E-state index in [0.29, 0.717) is 19.7 Å². The van der Waals surface area contributed by atoms with Gasteiger partial charge < -0.3 is 16.2 Å². The van der Waals surface area contributed by atoms with Gasteiger partial charge in [0.25, 0.3) is 0 Å². The van der Waals surface area contributed by atoms with E-state index in [1.807, 2.05) is 6.92 Å². The van der Waals surface area contributed by atoms with E-state index in [1.54, 1.807) is 6.92 Å². The van der Waals surface area contributed by atoms with Crippen molar-refractivity contribution in [1.82, 2.24) is 0 Å². The van der Waals surface area contributed by atoms with Gasteiger partial charge in [-0.1, -0.05) is 6.92 Å². The lowest BCUT2D eigenvalue weighted by Crippen LogP contribution is -2.34. The molecule has 4 heteroatoms. The molecule has 0 amide bonds. The third-order valence-electron chi connectivity index (χ3n) is 1.90. The van der Waals surface area contributed by atoms with E-state index in [2.05, 4.69) is 0 Å². The van der Waals surface area contributed by atoms with Gasteiger partial charge in [0.2, 0.25) is 0 Å². The molecule has 0 bridgehead atoms. The minimum Gasteiger partial charge on any atom is -0.466 e. The Kier molecular flexibility index (Phi) is 5.66. The minimum absolute atomic E-state index is 0.0917. The summed E-state index contributed by atoms with van der Waals surface area (Å²) in [5.41, 5.74) is 10.8. The van der Waals surface area contributed by atoms with Gasteiger partial charge in [-0.3, -0.25) is 4.79 Å². The fourth-order valence-electron chi connectivity index (χ4n) is 0.974. The summed E-state index contributed by atoms with van der Waals surface area (Å²) in [4.78, 5) is 11.2. The van der Waals surface area contributed by atoms with Gasteiger partial charge in [0.15, 0.2) is 0 Å². The normalized spacial score (nSPS) is 15.3. The van der Waals surface area contributed by atoms with Crippen molar-refractivity contribution in [2.75, 3.05) is 19.7 Å². The van der Waals surface area contributed by atoms with Crippen LogP contribution in [0.3, 0.4) is 0 Å². The zero-order chi connectivity index (χ0) is 9.56. The molecular weight excluding hydrogens is 156 g/mol. The topological polar surface area (TPSA) is 78.3 Å². The molecule has 0 aliphatic carbocycles. The van der Waals surface area contributed by atoms with Crippen LogP contribution in [0.5, 0.6) is 0 Å². The van der Waals surface area contributed by atoms with Crippen LogP contribution in [0.2, 0.25) is 0 Å². The van der Waals surface area contributed by atoms with E-state index in [1.165, 1.54) is 0 Å². The molecule has 0 aliphatic rings. The summed E-state index contributed by atoms with van der Waals surface area (Å²) < 4.78 is 4.84. The first kappa shape index (κ1) is 11.4. The molecule has 0 fully saturated rings. The van der Waals surface area contributed by atoms with Crippen molar-refractivity contribution >= 4 is 5.97 Å². The first-order valence-electron chi connectivity index (χ1n) is 4.24. The monoisotopic (exact) mass is 174 g/mol. The maximum Gasteiger partial charge on any atom is 0.310 e. The minimum atomic E-state index is -0.255. The van der Waals surface area contributed by atoms with E-state index < -0.39 is 0 Å². The van der Waals surface area contributed by atoms with Gasteiger partial charge >= 0.3 is 5.97 Å². The molecule has 0 saturated heterocycles. The zero-order valence-electron chi connectivity index (χ0n) is 7.75. The predicted octanol–water partition coefficient (Wildman–Crippen LogP) is -0.281. The summed E-state index contributed by atoms with van der Waals surface area (Å²) in [5, 5.41) is 0. The zero-order valence-corrected chi connectivity index (χ0v) is 7.75. The summed E-state index contributed by atoms with van der Waals surface area (Å²) in [6.45, 7) is 4.83. The fraction of sp³-hybridized carbons (Fsp3) is 0.875. The van der Waals surface area contributed by atoms with Crippen LogP contribution >= 0.6 is 0 Å². The van der Waals surface area contributed by atoms with Crippen LogP contribution in [0.15, 0.2) is 0 Å². The quantitative estimate of drug-likeness (QED) is 0.562. The number of carbonyl (C=O) groups excluding carboxylic acids is 1. The van der Waals surface area contributed by atoms with E-state index >= 15 is 0 Å². The standard InChI is InChI=1S/C8H18N2O2/c1-3-12-8(11)7(5-10)6(2)4-9/h6-7H,3-5,9-10H2,1-2H3. The van der Waals surface area contributed by atoms with Crippen molar-refractivity contribution in [1.29, 1.82) is 0 Å². The number of rotatable bonds is 5. The van der Waals surface area contributed by atoms with E-state index in [-0.39, 0.29) is 17.8 Å². The van der Waals surface area contributed by atoms with Gasteiger partial charge in [0, 0.05) is 6.54 Å². The molecule has 4 N–H and O–H groups in total. The molecule has 0 aliphatic heterocycles. The van der Waals surface area contributed by atoms with Crippen molar-refractivity contribution < 1.29 is 9.53 Å². The van der Waals surface area contributed by atoms with Gasteiger partial charge in [-0.25, -0.2) is 0 Å². The molecule has 0 aromatic carbocycles. The van der Waals surface area contributed by atoms with Crippen molar-refractivity contribution in [3.05, 3.63) is 0 Å². The highest BCUT2D eigenvalue weighted by molar-refractivity contribution is 5.73. The maximum atomic E-state index is 11.2. The van der Waals surface area contributed by atoms with Crippen LogP contribution in [-0.4, -0.2) is 25.7 Å². The largest absolute Gasteiger partial charge is 0.466 e. The molecule has 12 heavy (non-hydrogen) atoms. The molecule has 0 radical (unpaired) electrons. The highest BCUT2D eigenvalue weighted by atomic mass is 16.5. The first-order valence-corrected chi connectivity index (χ1v) is 4.24. The summed E-state index contributed by atoms with van der Waals surface area (Å²) >= 11 is 0. The number of hydrogen-bond acceptors (Lipinski definition) is 4. The van der Waals surface area contributed by atoms with Crippen LogP contribution < -0.4 is 11.5 Å². The molecule has 4 nitrogen and oxygen atoms in total. The van der Waals surface area contributed by atoms with Crippen LogP contribution in [0.4, 0.5) is 0 Å². The second kappa shape index (κ2) is 5.97. The molecule has 0 aromatic rings. The fourth-order valence-corrected chi connectivity index (χ4v) is 0.974. The van der Waals surface area contributed by atoms with Crippen LogP contribution in [0.1, 0.15) is 13.8 Å². The summed E-state index contributed by atoms with van der Waals surface area (Å²) in [6.07, 6.45) is 0. The summed E-state index contributed by atoms with van der Waals surface area (Å²) in [5.74, 6) is -0.401. The van der Waals surface area contributed by atoms with Gasteiger partial charge in [-0.05, 0) is 19.4 Å². The highest BCUT2D eigenvalue weighted by Gasteiger charge is 2.23. The Morgan fingerprint density at radius 1 is 1.42 bits per heavy atom. The molecule has 2 atom stereocenters. The van der Waals surface area contributed by atoms with Crippen LogP contribution in [-0.2, 0) is 9.53 Å². The lowest BCUT2D eigenvalue weighted by atomic mass is 9.94. The van der Waals surface area contributed by atoms with Crippen LogP contribution in [0.25, 0.3) is 0 Å². The Labute approximate surface area is 73.2 Å². The Hall–Kier alpha value is -0.610. The first-order chi connectivity index (χ1) is 5.67. The maximum absolute atomic E-state index is 11.2. The lowest BCUT2D eigenvalue weighted by Gasteiger charge is -2.18. The molecule has 0 aromatic heterocycles. The second-order valence-corrected chi connectivity index (χ2v) is 2.81. The van der Waals surface area contributed by atoms with Crippen molar-refractivity contribution in [3.63, 3.8) is 0 Å². The molecule has 0 spiro atoms. The van der Waals surface area contributed by atoms with Crippen LogP contribution in [0, 0.1) is 11.8 Å². The number of esters is 1. The smallest absolute Gasteiger partial charge is 0.310 e. The number of carbonyl (C=O) groups is 1. The van der Waals surface area contributed by atoms with Gasteiger partial charge in [0.05, 0.1) is 12.5 Å². The summed E-state index contributed by atoms with van der Waals surface area (Å²) in [7, 11) is 0. The molecule has 0 rings (SSSR count). The summed E-state index contributed by atoms with van der Waals surface area (Å²) in [6, 6.07) is 0. The average molecular weight is 174 g/mol. The Morgan fingerprint density at radius 2 is 2.00 bits per heavy atom.